The van der Waals surface area contributed by atoms with Gasteiger partial charge in [-0.15, -0.1) is 0 Å². The molecule has 29 heavy (non-hydrogen) atoms. The third-order valence-electron chi connectivity index (χ3n) is 4.38. The van der Waals surface area contributed by atoms with Gasteiger partial charge in [-0.25, -0.2) is 0 Å². The second kappa shape index (κ2) is 7.93. The van der Waals surface area contributed by atoms with Crippen molar-refractivity contribution >= 4 is 22.6 Å². The molecule has 2 N–H and O–H groups in total. The number of hydrogen-bond acceptors (Lipinski definition) is 5. The number of nitrogens with one attached hydrogen (secondary N) is 2. The van der Waals surface area contributed by atoms with Gasteiger partial charge >= 0.3 is 5.91 Å². The van der Waals surface area contributed by atoms with Crippen LogP contribution in [0, 0.1) is 6.92 Å². The minimum absolute atomic E-state index is 0.0614. The van der Waals surface area contributed by atoms with Gasteiger partial charge in [0.05, 0.1) is 11.8 Å². The largest absolute Gasteiger partial charge is 0.486 e. The van der Waals surface area contributed by atoms with Gasteiger partial charge in [-0.3, -0.25) is 20.4 Å². The highest BCUT2D eigenvalue weighted by atomic mass is 16.5. The summed E-state index contributed by atoms with van der Waals surface area (Å²) >= 11 is 0. The molecule has 0 saturated carbocycles. The molecule has 2 aromatic carbocycles. The van der Waals surface area contributed by atoms with Crippen LogP contribution in [0.15, 0.2) is 75.8 Å². The summed E-state index contributed by atoms with van der Waals surface area (Å²) in [5.41, 5.74) is 4.97. The molecule has 4 aromatic rings. The number of benzene rings is 2. The molecule has 7 nitrogen and oxygen atoms in total. The first-order valence-electron chi connectivity index (χ1n) is 8.95. The number of amides is 2. The quantitative estimate of drug-likeness (QED) is 0.503. The van der Waals surface area contributed by atoms with E-state index in [0.29, 0.717) is 22.8 Å². The summed E-state index contributed by atoms with van der Waals surface area (Å²) < 4.78 is 16.3. The Balaban J connectivity index is 1.33. The molecule has 4 rings (SSSR count). The van der Waals surface area contributed by atoms with Crippen LogP contribution in [0.1, 0.15) is 32.4 Å². The molecule has 0 radical (unpaired) electrons. The van der Waals surface area contributed by atoms with Crippen molar-refractivity contribution in [1.29, 1.82) is 0 Å². The monoisotopic (exact) mass is 390 g/mol. The number of hydrazine groups is 1. The summed E-state index contributed by atoms with van der Waals surface area (Å²) in [6.45, 7) is 1.83. The van der Waals surface area contributed by atoms with Crippen molar-refractivity contribution in [3.8, 4) is 5.75 Å². The zero-order valence-electron chi connectivity index (χ0n) is 15.6. The van der Waals surface area contributed by atoms with E-state index < -0.39 is 11.8 Å². The molecule has 0 atom stereocenters. The maximum atomic E-state index is 12.2. The minimum atomic E-state index is -0.573. The molecule has 0 aliphatic carbocycles. The third kappa shape index (κ3) is 4.14. The van der Waals surface area contributed by atoms with Gasteiger partial charge in [-0.05, 0) is 48.0 Å². The van der Waals surface area contributed by atoms with Crippen molar-refractivity contribution in [3.05, 3.63) is 89.8 Å². The number of fused-ring (bicyclic) bond motifs is 1. The zero-order valence-corrected chi connectivity index (χ0v) is 15.6. The molecule has 0 saturated heterocycles. The molecular formula is C22H18N2O5. The molecule has 0 aliphatic rings. The number of furan rings is 2. The van der Waals surface area contributed by atoms with Crippen molar-refractivity contribution in [2.24, 2.45) is 0 Å². The predicted octanol–water partition coefficient (Wildman–Crippen LogP) is 3.99. The summed E-state index contributed by atoms with van der Waals surface area (Å²) in [5.74, 6) is 0.663. The lowest BCUT2D eigenvalue weighted by molar-refractivity contribution is 0.0827. The Labute approximate surface area is 166 Å². The van der Waals surface area contributed by atoms with Crippen LogP contribution in [-0.2, 0) is 6.61 Å². The minimum Gasteiger partial charge on any atom is -0.486 e. The number of ether oxygens (including phenoxy) is 1. The first-order valence-corrected chi connectivity index (χ1v) is 8.95. The SMILES string of the molecule is Cc1occc1C(=O)NNC(=O)c1ccc(COc2ccc3ccccc3c2)o1. The van der Waals surface area contributed by atoms with Gasteiger partial charge in [0, 0.05) is 0 Å². The molecule has 0 fully saturated rings. The summed E-state index contributed by atoms with van der Waals surface area (Å²) in [5, 5.41) is 2.21. The predicted molar refractivity (Wildman–Crippen MR) is 105 cm³/mol. The Bertz CT molecular complexity index is 1170. The highest BCUT2D eigenvalue weighted by Crippen LogP contribution is 2.21. The molecule has 2 amide bonds. The maximum absolute atomic E-state index is 12.2. The summed E-state index contributed by atoms with van der Waals surface area (Å²) in [6.07, 6.45) is 1.40. The topological polar surface area (TPSA) is 93.7 Å². The summed E-state index contributed by atoms with van der Waals surface area (Å²) in [6, 6.07) is 18.5. The van der Waals surface area contributed by atoms with Gasteiger partial charge in [-0.2, -0.15) is 0 Å². The van der Waals surface area contributed by atoms with E-state index in [1.54, 1.807) is 13.0 Å². The van der Waals surface area contributed by atoms with Crippen molar-refractivity contribution in [3.63, 3.8) is 0 Å². The molecule has 0 spiro atoms. The Morgan fingerprint density at radius 2 is 1.72 bits per heavy atom. The maximum Gasteiger partial charge on any atom is 0.305 e. The van der Waals surface area contributed by atoms with Gasteiger partial charge < -0.3 is 13.6 Å². The smallest absolute Gasteiger partial charge is 0.305 e. The number of carbonyl (C=O) groups excluding carboxylic acids is 2. The lowest BCUT2D eigenvalue weighted by Crippen LogP contribution is -2.41. The van der Waals surface area contributed by atoms with E-state index in [-0.39, 0.29) is 12.4 Å². The van der Waals surface area contributed by atoms with Crippen LogP contribution in [0.3, 0.4) is 0 Å². The molecule has 0 unspecified atom stereocenters. The molecule has 0 aliphatic heterocycles. The molecule has 146 valence electrons. The number of rotatable bonds is 5. The average molecular weight is 390 g/mol. The van der Waals surface area contributed by atoms with Crippen molar-refractivity contribution < 1.29 is 23.2 Å². The fourth-order valence-corrected chi connectivity index (χ4v) is 2.85. The third-order valence-corrected chi connectivity index (χ3v) is 4.38. The van der Waals surface area contributed by atoms with Crippen molar-refractivity contribution in [2.75, 3.05) is 0 Å². The molecular weight excluding hydrogens is 372 g/mol. The Morgan fingerprint density at radius 3 is 2.52 bits per heavy atom. The molecule has 7 heteroatoms. The van der Waals surface area contributed by atoms with Crippen LogP contribution in [-0.4, -0.2) is 11.8 Å². The van der Waals surface area contributed by atoms with Crippen LogP contribution >= 0.6 is 0 Å². The normalized spacial score (nSPS) is 10.7. The van der Waals surface area contributed by atoms with Gasteiger partial charge in [0.1, 0.15) is 23.9 Å². The number of hydrogen-bond donors (Lipinski definition) is 2. The second-order valence-electron chi connectivity index (χ2n) is 6.36. The van der Waals surface area contributed by atoms with E-state index in [2.05, 4.69) is 10.9 Å². The fraction of sp³-hybridized carbons (Fsp3) is 0.0909. The summed E-state index contributed by atoms with van der Waals surface area (Å²) in [4.78, 5) is 24.1. The van der Waals surface area contributed by atoms with Gasteiger partial charge in [-0.1, -0.05) is 30.3 Å². The van der Waals surface area contributed by atoms with Crippen LogP contribution in [0.2, 0.25) is 0 Å². The Hall–Kier alpha value is -4.00. The standard InChI is InChI=1S/C22H18N2O5/c1-14-19(10-11-27-14)21(25)23-24-22(26)20-9-8-18(29-20)13-28-17-7-6-15-4-2-3-5-16(15)12-17/h2-12H,13H2,1H3,(H,23,25)(H,24,26). The van der Waals surface area contributed by atoms with Gasteiger partial charge in [0.25, 0.3) is 5.91 Å². The van der Waals surface area contributed by atoms with Crippen LogP contribution < -0.4 is 15.6 Å². The van der Waals surface area contributed by atoms with E-state index in [1.165, 1.54) is 18.4 Å². The lowest BCUT2D eigenvalue weighted by Gasteiger charge is -2.06. The molecule has 0 bridgehead atoms. The van der Waals surface area contributed by atoms with Crippen LogP contribution in [0.5, 0.6) is 5.75 Å². The summed E-state index contributed by atoms with van der Waals surface area (Å²) in [7, 11) is 0. The van der Waals surface area contributed by atoms with E-state index in [4.69, 9.17) is 13.6 Å². The van der Waals surface area contributed by atoms with Crippen LogP contribution in [0.25, 0.3) is 10.8 Å². The fourth-order valence-electron chi connectivity index (χ4n) is 2.85. The van der Waals surface area contributed by atoms with E-state index in [0.717, 1.165) is 10.8 Å². The van der Waals surface area contributed by atoms with E-state index in [1.807, 2.05) is 42.5 Å². The molecule has 2 heterocycles. The van der Waals surface area contributed by atoms with Gasteiger partial charge in [0.2, 0.25) is 0 Å². The second-order valence-corrected chi connectivity index (χ2v) is 6.36. The van der Waals surface area contributed by atoms with Crippen LogP contribution in [0.4, 0.5) is 0 Å². The first-order chi connectivity index (χ1) is 14.1. The highest BCUT2D eigenvalue weighted by molar-refractivity contribution is 5.98. The molecule has 2 aromatic heterocycles. The Kier molecular flexibility index (Phi) is 5.03. The number of aryl methyl sites for hydroxylation is 1. The van der Waals surface area contributed by atoms with Crippen molar-refractivity contribution in [2.45, 2.75) is 13.5 Å². The van der Waals surface area contributed by atoms with Crippen molar-refractivity contribution in [1.82, 2.24) is 10.9 Å². The number of carbonyl (C=O) groups is 2. The Morgan fingerprint density at radius 1 is 0.931 bits per heavy atom. The highest BCUT2D eigenvalue weighted by Gasteiger charge is 2.15. The first kappa shape index (κ1) is 18.4. The lowest BCUT2D eigenvalue weighted by atomic mass is 10.1. The zero-order chi connectivity index (χ0) is 20.2. The van der Waals surface area contributed by atoms with E-state index >= 15 is 0 Å². The van der Waals surface area contributed by atoms with E-state index in [9.17, 15) is 9.59 Å². The average Bonchev–Trinajstić information content (AvgIpc) is 3.39. The van der Waals surface area contributed by atoms with Gasteiger partial charge in [0.15, 0.2) is 5.76 Å².